The van der Waals surface area contributed by atoms with Crippen LogP contribution < -0.4 is 4.90 Å². The van der Waals surface area contributed by atoms with E-state index >= 15 is 0 Å². The summed E-state index contributed by atoms with van der Waals surface area (Å²) >= 11 is 6.06. The molecular formula is C27H22ClN3O2. The monoisotopic (exact) mass is 455 g/mol. The van der Waals surface area contributed by atoms with E-state index in [1.165, 1.54) is 0 Å². The summed E-state index contributed by atoms with van der Waals surface area (Å²) in [6.45, 7) is 0. The second-order valence-electron chi connectivity index (χ2n) is 8.15. The first-order valence-electron chi connectivity index (χ1n) is 10.9. The molecule has 33 heavy (non-hydrogen) atoms. The number of hydrogen-bond donors (Lipinski definition) is 2. The zero-order valence-corrected chi connectivity index (χ0v) is 18.6. The molecule has 1 aliphatic carbocycles. The fourth-order valence-corrected chi connectivity index (χ4v) is 4.82. The number of aliphatic hydroxyl groups is 1. The largest absolute Gasteiger partial charge is 0.507 e. The highest BCUT2D eigenvalue weighted by molar-refractivity contribution is 6.30. The Morgan fingerprint density at radius 2 is 1.79 bits per heavy atom. The minimum atomic E-state index is -0.579. The molecule has 5 rings (SSSR count). The number of pyridine rings is 1. The minimum absolute atomic E-state index is 0.0416. The number of aromatic nitrogens is 1. The van der Waals surface area contributed by atoms with Gasteiger partial charge in [0.25, 0.3) is 0 Å². The van der Waals surface area contributed by atoms with Gasteiger partial charge in [-0.2, -0.15) is 0 Å². The number of para-hydroxylation sites is 1. The van der Waals surface area contributed by atoms with Crippen LogP contribution in [0.15, 0.2) is 96.0 Å². The highest BCUT2D eigenvalue weighted by Crippen LogP contribution is 2.47. The van der Waals surface area contributed by atoms with Crippen molar-refractivity contribution in [2.45, 2.75) is 25.2 Å². The van der Waals surface area contributed by atoms with E-state index in [0.717, 1.165) is 23.4 Å². The average molecular weight is 456 g/mol. The number of Topliss-reactive ketones (excluding diaryl/α,β-unsaturated/α-hetero) is 1. The summed E-state index contributed by atoms with van der Waals surface area (Å²) < 4.78 is 0. The maximum atomic E-state index is 13.3. The molecule has 5 nitrogen and oxygen atoms in total. The molecule has 2 heterocycles. The molecule has 164 valence electrons. The van der Waals surface area contributed by atoms with E-state index in [1.807, 2.05) is 42.5 Å². The lowest BCUT2D eigenvalue weighted by Gasteiger charge is -2.41. The summed E-state index contributed by atoms with van der Waals surface area (Å²) in [6.07, 6.45) is 5.24. The molecule has 0 bridgehead atoms. The third-order valence-electron chi connectivity index (χ3n) is 6.16. The molecule has 1 unspecified atom stereocenters. The Labute approximate surface area is 197 Å². The summed E-state index contributed by atoms with van der Waals surface area (Å²) in [5.74, 6) is -0.433. The lowest BCUT2D eigenvalue weighted by molar-refractivity contribution is -0.116. The molecule has 0 fully saturated rings. The van der Waals surface area contributed by atoms with E-state index in [4.69, 9.17) is 11.6 Å². The first kappa shape index (κ1) is 21.2. The number of aliphatic hydroxyl groups excluding tert-OH is 1. The lowest BCUT2D eigenvalue weighted by Crippen LogP contribution is -2.42. The molecule has 2 aromatic carbocycles. The Balaban J connectivity index is 1.82. The summed E-state index contributed by atoms with van der Waals surface area (Å²) in [5.41, 5.74) is 3.93. The molecule has 1 aromatic heterocycles. The van der Waals surface area contributed by atoms with Gasteiger partial charge >= 0.3 is 0 Å². The molecule has 0 saturated heterocycles. The normalized spacial score (nSPS) is 20.0. The number of allylic oxidation sites excluding steroid dienone is 2. The van der Waals surface area contributed by atoms with Crippen LogP contribution in [0.2, 0.25) is 5.02 Å². The van der Waals surface area contributed by atoms with Gasteiger partial charge in [-0.25, -0.2) is 0 Å². The molecule has 0 spiro atoms. The summed E-state index contributed by atoms with van der Waals surface area (Å²) in [7, 11) is 0. The van der Waals surface area contributed by atoms with Crippen molar-refractivity contribution >= 4 is 34.7 Å². The number of nitrogens with one attached hydrogen (secondary N) is 1. The zero-order valence-electron chi connectivity index (χ0n) is 17.8. The molecule has 1 aliphatic heterocycles. The summed E-state index contributed by atoms with van der Waals surface area (Å²) in [5, 5.41) is 21.3. The van der Waals surface area contributed by atoms with Crippen LogP contribution in [0.4, 0.5) is 5.69 Å². The van der Waals surface area contributed by atoms with Gasteiger partial charge in [0.05, 0.1) is 0 Å². The molecule has 0 radical (unpaired) electrons. The lowest BCUT2D eigenvalue weighted by atomic mass is 9.74. The first-order valence-corrected chi connectivity index (χ1v) is 11.2. The van der Waals surface area contributed by atoms with Gasteiger partial charge < -0.3 is 5.11 Å². The molecule has 6 heteroatoms. The molecule has 2 aliphatic rings. The third kappa shape index (κ3) is 3.74. The quantitative estimate of drug-likeness (QED) is 0.455. The molecule has 0 amide bonds. The molecule has 3 aromatic rings. The predicted molar refractivity (Wildman–Crippen MR) is 131 cm³/mol. The predicted octanol–water partition coefficient (Wildman–Crippen LogP) is 6.29. The van der Waals surface area contributed by atoms with Crippen molar-refractivity contribution in [1.29, 1.82) is 5.41 Å². The van der Waals surface area contributed by atoms with Crippen molar-refractivity contribution in [3.05, 3.63) is 112 Å². The molecular weight excluding hydrogens is 434 g/mol. The van der Waals surface area contributed by atoms with Gasteiger partial charge in [-0.1, -0.05) is 35.9 Å². The molecule has 0 saturated carbocycles. The maximum Gasteiger partial charge on any atom is 0.161 e. The Morgan fingerprint density at radius 1 is 1.03 bits per heavy atom. The third-order valence-corrected chi connectivity index (χ3v) is 6.41. The number of carbonyl (C=O) groups excluding carboxylic acids is 1. The smallest absolute Gasteiger partial charge is 0.161 e. The van der Waals surface area contributed by atoms with Gasteiger partial charge in [0.1, 0.15) is 11.6 Å². The van der Waals surface area contributed by atoms with Crippen LogP contribution in [0.1, 0.15) is 36.3 Å². The van der Waals surface area contributed by atoms with Crippen LogP contribution in [-0.2, 0) is 4.79 Å². The SMILES string of the molecule is N=C1C(=C(O)c2ccc(Cl)cc2)C(c2cccnc2)C2=C(CCCC2=O)N1c1ccccc1. The number of carbonyl (C=O) groups is 1. The standard InChI is InChI=1S/C27H22ClN3O2/c28-19-13-11-17(12-14-19)26(33)25-23(18-6-5-15-30-16-18)24-21(9-4-10-22(24)32)31(27(25)29)20-7-2-1-3-8-20/h1-3,5-8,11-16,23,29,33H,4,9-10H2. The minimum Gasteiger partial charge on any atom is -0.507 e. The number of benzene rings is 2. The number of rotatable bonds is 3. The Bertz CT molecular complexity index is 1280. The van der Waals surface area contributed by atoms with E-state index in [2.05, 4.69) is 4.98 Å². The van der Waals surface area contributed by atoms with Crippen molar-refractivity contribution in [3.8, 4) is 0 Å². The fraction of sp³-hybridized carbons (Fsp3) is 0.148. The summed E-state index contributed by atoms with van der Waals surface area (Å²) in [4.78, 5) is 19.4. The van der Waals surface area contributed by atoms with Crippen molar-refractivity contribution in [2.24, 2.45) is 0 Å². The van der Waals surface area contributed by atoms with Crippen molar-refractivity contribution < 1.29 is 9.90 Å². The second kappa shape index (κ2) is 8.68. The van der Waals surface area contributed by atoms with Crippen LogP contribution in [0.3, 0.4) is 0 Å². The van der Waals surface area contributed by atoms with Gasteiger partial charge in [-0.15, -0.1) is 0 Å². The van der Waals surface area contributed by atoms with Crippen LogP contribution >= 0.6 is 11.6 Å². The average Bonchev–Trinajstić information content (AvgIpc) is 2.84. The number of ketones is 1. The van der Waals surface area contributed by atoms with Crippen molar-refractivity contribution in [2.75, 3.05) is 4.90 Å². The van der Waals surface area contributed by atoms with E-state index in [-0.39, 0.29) is 17.4 Å². The molecule has 1 atom stereocenters. The topological polar surface area (TPSA) is 77.3 Å². The van der Waals surface area contributed by atoms with Gasteiger partial charge in [0.2, 0.25) is 0 Å². The summed E-state index contributed by atoms with van der Waals surface area (Å²) in [6, 6.07) is 20.1. The fourth-order valence-electron chi connectivity index (χ4n) is 4.70. The number of hydrogen-bond acceptors (Lipinski definition) is 4. The van der Waals surface area contributed by atoms with Crippen LogP contribution in [-0.4, -0.2) is 21.7 Å². The Morgan fingerprint density at radius 3 is 2.48 bits per heavy atom. The van der Waals surface area contributed by atoms with E-state index in [1.54, 1.807) is 41.6 Å². The first-order chi connectivity index (χ1) is 16.1. The van der Waals surface area contributed by atoms with Gasteiger partial charge in [-0.05, 0) is 60.9 Å². The molecule has 2 N–H and O–H groups in total. The number of nitrogens with zero attached hydrogens (tertiary/aromatic N) is 2. The zero-order chi connectivity index (χ0) is 22.9. The van der Waals surface area contributed by atoms with E-state index in [9.17, 15) is 15.3 Å². The number of amidine groups is 1. The van der Waals surface area contributed by atoms with Gasteiger partial charge in [0, 0.05) is 57.8 Å². The van der Waals surface area contributed by atoms with Crippen molar-refractivity contribution in [3.63, 3.8) is 0 Å². The second-order valence-corrected chi connectivity index (χ2v) is 8.58. The van der Waals surface area contributed by atoms with Gasteiger partial charge in [-0.3, -0.25) is 20.1 Å². The van der Waals surface area contributed by atoms with Crippen LogP contribution in [0.25, 0.3) is 5.76 Å². The number of anilines is 1. The van der Waals surface area contributed by atoms with Crippen LogP contribution in [0, 0.1) is 5.41 Å². The maximum absolute atomic E-state index is 13.3. The van der Waals surface area contributed by atoms with E-state index in [0.29, 0.717) is 34.6 Å². The van der Waals surface area contributed by atoms with Crippen LogP contribution in [0.5, 0.6) is 0 Å². The Hall–Kier alpha value is -3.70. The van der Waals surface area contributed by atoms with Crippen molar-refractivity contribution in [1.82, 2.24) is 4.98 Å². The highest BCUT2D eigenvalue weighted by atomic mass is 35.5. The van der Waals surface area contributed by atoms with E-state index < -0.39 is 5.92 Å². The Kier molecular flexibility index (Phi) is 5.56. The van der Waals surface area contributed by atoms with Gasteiger partial charge in [0.15, 0.2) is 5.78 Å². The highest BCUT2D eigenvalue weighted by Gasteiger charge is 2.43. The number of halogens is 1.